The van der Waals surface area contributed by atoms with Gasteiger partial charge in [-0.15, -0.1) is 0 Å². The summed E-state index contributed by atoms with van der Waals surface area (Å²) < 4.78 is 23.8. The van der Waals surface area contributed by atoms with Gasteiger partial charge < -0.3 is 14.8 Å². The van der Waals surface area contributed by atoms with Crippen molar-refractivity contribution in [3.05, 3.63) is 65.5 Å². The molecule has 7 heteroatoms. The van der Waals surface area contributed by atoms with E-state index < -0.39 is 24.0 Å². The lowest BCUT2D eigenvalue weighted by Crippen LogP contribution is -2.50. The zero-order valence-electron chi connectivity index (χ0n) is 16.5. The highest BCUT2D eigenvalue weighted by molar-refractivity contribution is 5.94. The largest absolute Gasteiger partial charge is 0.488 e. The van der Waals surface area contributed by atoms with Gasteiger partial charge in [-0.2, -0.15) is 5.26 Å². The average molecular weight is 410 g/mol. The molecule has 2 aromatic rings. The minimum absolute atomic E-state index is 0.149. The van der Waals surface area contributed by atoms with Gasteiger partial charge in [-0.05, 0) is 42.7 Å². The molecule has 30 heavy (non-hydrogen) atoms. The molecule has 6 nitrogen and oxygen atoms in total. The maximum absolute atomic E-state index is 13.0. The summed E-state index contributed by atoms with van der Waals surface area (Å²) in [6.45, 7) is -0.329. The molecule has 1 aliphatic carbocycles. The quantitative estimate of drug-likeness (QED) is 0.700. The summed E-state index contributed by atoms with van der Waals surface area (Å²) in [5.41, 5.74) is 0.0473. The van der Waals surface area contributed by atoms with Crippen molar-refractivity contribution >= 4 is 11.9 Å². The van der Waals surface area contributed by atoms with E-state index in [0.29, 0.717) is 18.6 Å². The molecule has 0 radical (unpaired) electrons. The van der Waals surface area contributed by atoms with Crippen LogP contribution >= 0.6 is 0 Å². The zero-order valence-corrected chi connectivity index (χ0v) is 16.5. The van der Waals surface area contributed by atoms with Crippen LogP contribution in [-0.4, -0.2) is 24.0 Å². The van der Waals surface area contributed by atoms with Crippen LogP contribution in [0.4, 0.5) is 4.39 Å². The summed E-state index contributed by atoms with van der Waals surface area (Å²) in [5.74, 6) is -1.24. The second-order valence-corrected chi connectivity index (χ2v) is 7.29. The lowest BCUT2D eigenvalue weighted by molar-refractivity contribution is -0.125. The van der Waals surface area contributed by atoms with Gasteiger partial charge in [0, 0.05) is 0 Å². The normalized spacial score (nSPS) is 14.9. The number of carbonyl (C=O) groups is 2. The van der Waals surface area contributed by atoms with Crippen LogP contribution in [0.3, 0.4) is 0 Å². The highest BCUT2D eigenvalue weighted by atomic mass is 19.1. The number of nitriles is 1. The predicted octanol–water partition coefficient (Wildman–Crippen LogP) is 3.90. The van der Waals surface area contributed by atoms with Gasteiger partial charge in [-0.25, -0.2) is 9.18 Å². The third kappa shape index (κ3) is 5.57. The van der Waals surface area contributed by atoms with E-state index >= 15 is 0 Å². The molecule has 1 aliphatic rings. The van der Waals surface area contributed by atoms with Crippen LogP contribution in [0.15, 0.2) is 48.5 Å². The number of esters is 1. The molecular weight excluding hydrogens is 387 g/mol. The van der Waals surface area contributed by atoms with Gasteiger partial charge in [0.25, 0.3) is 5.91 Å². The van der Waals surface area contributed by atoms with Crippen molar-refractivity contribution in [2.75, 3.05) is 6.61 Å². The number of nitrogens with one attached hydrogen (secondary N) is 1. The molecule has 0 unspecified atom stereocenters. The number of ether oxygens (including phenoxy) is 2. The fourth-order valence-electron chi connectivity index (χ4n) is 3.43. The summed E-state index contributed by atoms with van der Waals surface area (Å²) in [6, 6.07) is 14.6. The highest BCUT2D eigenvalue weighted by Gasteiger charge is 2.33. The van der Waals surface area contributed by atoms with Crippen molar-refractivity contribution in [1.82, 2.24) is 5.32 Å². The smallest absolute Gasteiger partial charge is 0.342 e. The molecule has 156 valence electrons. The van der Waals surface area contributed by atoms with Crippen LogP contribution in [-0.2, 0) is 16.1 Å². The van der Waals surface area contributed by atoms with Crippen molar-refractivity contribution < 1.29 is 23.5 Å². The van der Waals surface area contributed by atoms with E-state index in [9.17, 15) is 19.2 Å². The molecule has 1 N–H and O–H groups in total. The minimum atomic E-state index is -0.877. The number of hydrogen-bond donors (Lipinski definition) is 1. The Balaban J connectivity index is 1.57. The van der Waals surface area contributed by atoms with Gasteiger partial charge in [0.2, 0.25) is 0 Å². The fourth-order valence-corrected chi connectivity index (χ4v) is 3.43. The number of para-hydroxylation sites is 1. The van der Waals surface area contributed by atoms with Gasteiger partial charge in [-0.1, -0.05) is 43.5 Å². The number of halogens is 1. The minimum Gasteiger partial charge on any atom is -0.488 e. The number of carbonyl (C=O) groups excluding carboxylic acids is 2. The van der Waals surface area contributed by atoms with E-state index in [-0.39, 0.29) is 18.0 Å². The van der Waals surface area contributed by atoms with E-state index in [2.05, 4.69) is 11.4 Å². The molecule has 0 saturated heterocycles. The van der Waals surface area contributed by atoms with Crippen molar-refractivity contribution in [1.29, 1.82) is 5.26 Å². The molecule has 0 heterocycles. The number of rotatable bonds is 7. The van der Waals surface area contributed by atoms with Crippen molar-refractivity contribution in [3.63, 3.8) is 0 Å². The van der Waals surface area contributed by atoms with Gasteiger partial charge >= 0.3 is 5.97 Å². The van der Waals surface area contributed by atoms with E-state index in [1.807, 2.05) is 0 Å². The number of nitrogens with zero attached hydrogens (tertiary/aromatic N) is 1. The Hall–Kier alpha value is -3.40. The van der Waals surface area contributed by atoms with Gasteiger partial charge in [-0.3, -0.25) is 4.79 Å². The molecular formula is C23H23FN2O4. The number of hydrogen-bond acceptors (Lipinski definition) is 5. The van der Waals surface area contributed by atoms with Crippen LogP contribution in [0, 0.1) is 17.1 Å². The Morgan fingerprint density at radius 1 is 1.07 bits per heavy atom. The van der Waals surface area contributed by atoms with Crippen LogP contribution in [0.25, 0.3) is 0 Å². The second-order valence-electron chi connectivity index (χ2n) is 7.29. The fraction of sp³-hybridized carbons (Fsp3) is 0.348. The lowest BCUT2D eigenvalue weighted by Gasteiger charge is -2.31. The van der Waals surface area contributed by atoms with Crippen LogP contribution in [0.2, 0.25) is 0 Å². The Morgan fingerprint density at radius 3 is 2.47 bits per heavy atom. The zero-order chi connectivity index (χ0) is 21.4. The van der Waals surface area contributed by atoms with E-state index in [1.165, 1.54) is 18.2 Å². The molecule has 0 bridgehead atoms. The Bertz CT molecular complexity index is 931. The lowest BCUT2D eigenvalue weighted by atomic mass is 9.83. The first-order valence-electron chi connectivity index (χ1n) is 9.87. The van der Waals surface area contributed by atoms with E-state index in [0.717, 1.165) is 24.8 Å². The van der Waals surface area contributed by atoms with Crippen molar-refractivity contribution in [2.24, 2.45) is 0 Å². The molecule has 0 aromatic heterocycles. The Morgan fingerprint density at radius 2 is 1.77 bits per heavy atom. The summed E-state index contributed by atoms with van der Waals surface area (Å²) in [7, 11) is 0. The summed E-state index contributed by atoms with van der Waals surface area (Å²) in [5, 5.41) is 12.2. The van der Waals surface area contributed by atoms with Crippen LogP contribution in [0.5, 0.6) is 5.75 Å². The first-order valence-corrected chi connectivity index (χ1v) is 9.87. The maximum atomic E-state index is 13.0. The number of amides is 1. The monoisotopic (exact) mass is 410 g/mol. The Kier molecular flexibility index (Phi) is 7.02. The molecule has 1 saturated carbocycles. The molecule has 0 aliphatic heterocycles. The van der Waals surface area contributed by atoms with Crippen LogP contribution in [0.1, 0.15) is 48.0 Å². The summed E-state index contributed by atoms with van der Waals surface area (Å²) in [4.78, 5) is 24.7. The van der Waals surface area contributed by atoms with E-state index in [4.69, 9.17) is 9.47 Å². The molecule has 0 atom stereocenters. The first-order chi connectivity index (χ1) is 14.5. The highest BCUT2D eigenvalue weighted by Crippen LogP contribution is 2.27. The van der Waals surface area contributed by atoms with Crippen molar-refractivity contribution in [2.45, 2.75) is 44.2 Å². The van der Waals surface area contributed by atoms with E-state index in [1.54, 1.807) is 30.3 Å². The second kappa shape index (κ2) is 9.88. The van der Waals surface area contributed by atoms with Crippen LogP contribution < -0.4 is 10.1 Å². The molecule has 2 aromatic carbocycles. The average Bonchev–Trinajstić information content (AvgIpc) is 2.78. The van der Waals surface area contributed by atoms with Gasteiger partial charge in [0.05, 0.1) is 6.07 Å². The maximum Gasteiger partial charge on any atom is 0.342 e. The summed E-state index contributed by atoms with van der Waals surface area (Å²) in [6.07, 6.45) is 4.01. The summed E-state index contributed by atoms with van der Waals surface area (Å²) >= 11 is 0. The molecule has 0 spiro atoms. The topological polar surface area (TPSA) is 88.4 Å². The SMILES string of the molecule is N#CC1(NC(=O)COC(=O)c2ccccc2OCc2ccc(F)cc2)CCCCC1. The van der Waals surface area contributed by atoms with Crippen molar-refractivity contribution in [3.8, 4) is 11.8 Å². The predicted molar refractivity (Wildman–Crippen MR) is 107 cm³/mol. The standard InChI is InChI=1S/C23H23FN2O4/c24-18-10-8-17(9-11-18)14-29-20-7-3-2-6-19(20)22(28)30-15-21(27)26-23(16-25)12-4-1-5-13-23/h2-3,6-11H,1,4-5,12-15H2,(H,26,27). The third-order valence-electron chi connectivity index (χ3n) is 5.05. The molecule has 1 amide bonds. The third-order valence-corrected chi connectivity index (χ3v) is 5.05. The first kappa shape index (κ1) is 21.3. The van der Waals surface area contributed by atoms with Gasteiger partial charge in [0.15, 0.2) is 6.61 Å². The molecule has 3 rings (SSSR count). The number of benzene rings is 2. The Labute approximate surface area is 174 Å². The van der Waals surface area contributed by atoms with Gasteiger partial charge in [0.1, 0.15) is 29.3 Å². The molecule has 1 fully saturated rings.